The highest BCUT2D eigenvalue weighted by Crippen LogP contribution is 2.07. The van der Waals surface area contributed by atoms with Gasteiger partial charge < -0.3 is 16.4 Å². The summed E-state index contributed by atoms with van der Waals surface area (Å²) in [6.07, 6.45) is 1.55. The monoisotopic (exact) mass is 208 g/mol. The minimum Gasteiger partial charge on any atom is -0.397 e. The SMILES string of the molecule is CCNC(=O)C(C)Nc1ccc(N)cn1. The van der Waals surface area contributed by atoms with Gasteiger partial charge >= 0.3 is 0 Å². The van der Waals surface area contributed by atoms with E-state index in [1.807, 2.05) is 6.92 Å². The molecule has 1 aromatic rings. The maximum atomic E-state index is 11.4. The van der Waals surface area contributed by atoms with Gasteiger partial charge in [0.15, 0.2) is 0 Å². The standard InChI is InChI=1S/C10H16N4O/c1-3-12-10(15)7(2)14-9-5-4-8(11)6-13-9/h4-7H,3,11H2,1-2H3,(H,12,15)(H,13,14). The van der Waals surface area contributed by atoms with Crippen LogP contribution in [0.3, 0.4) is 0 Å². The van der Waals surface area contributed by atoms with Crippen molar-refractivity contribution in [3.8, 4) is 0 Å². The third kappa shape index (κ3) is 3.46. The number of carbonyl (C=O) groups is 1. The highest BCUT2D eigenvalue weighted by molar-refractivity contribution is 5.83. The Labute approximate surface area is 89.1 Å². The molecule has 1 aromatic heterocycles. The molecule has 1 atom stereocenters. The molecule has 0 spiro atoms. The minimum atomic E-state index is -0.305. The van der Waals surface area contributed by atoms with Crippen molar-refractivity contribution in [2.45, 2.75) is 19.9 Å². The van der Waals surface area contributed by atoms with Gasteiger partial charge in [0.25, 0.3) is 0 Å². The first-order valence-electron chi connectivity index (χ1n) is 4.89. The second-order valence-electron chi connectivity index (χ2n) is 3.24. The Kier molecular flexibility index (Phi) is 3.91. The van der Waals surface area contributed by atoms with Gasteiger partial charge in [0.05, 0.1) is 11.9 Å². The van der Waals surface area contributed by atoms with Crippen molar-refractivity contribution in [3.05, 3.63) is 18.3 Å². The van der Waals surface area contributed by atoms with Gasteiger partial charge in [-0.2, -0.15) is 0 Å². The zero-order valence-corrected chi connectivity index (χ0v) is 8.95. The molecule has 0 fully saturated rings. The van der Waals surface area contributed by atoms with E-state index in [1.54, 1.807) is 25.3 Å². The fourth-order valence-electron chi connectivity index (χ4n) is 1.11. The molecule has 5 nitrogen and oxygen atoms in total. The predicted molar refractivity (Wildman–Crippen MR) is 60.4 cm³/mol. The van der Waals surface area contributed by atoms with Crippen LogP contribution in [0.1, 0.15) is 13.8 Å². The van der Waals surface area contributed by atoms with Crippen molar-refractivity contribution in [2.24, 2.45) is 0 Å². The lowest BCUT2D eigenvalue weighted by molar-refractivity contribution is -0.121. The van der Waals surface area contributed by atoms with Crippen LogP contribution in [-0.4, -0.2) is 23.5 Å². The average molecular weight is 208 g/mol. The number of hydrogen-bond donors (Lipinski definition) is 3. The molecule has 5 heteroatoms. The molecule has 1 heterocycles. The van der Waals surface area contributed by atoms with E-state index in [-0.39, 0.29) is 11.9 Å². The molecule has 82 valence electrons. The van der Waals surface area contributed by atoms with Gasteiger partial charge in [-0.3, -0.25) is 4.79 Å². The third-order valence-corrected chi connectivity index (χ3v) is 1.90. The van der Waals surface area contributed by atoms with E-state index in [4.69, 9.17) is 5.73 Å². The molecule has 0 saturated heterocycles. The summed E-state index contributed by atoms with van der Waals surface area (Å²) in [6.45, 7) is 4.29. The van der Waals surface area contributed by atoms with Crippen molar-refractivity contribution in [3.63, 3.8) is 0 Å². The quantitative estimate of drug-likeness (QED) is 0.677. The highest BCUT2D eigenvalue weighted by atomic mass is 16.2. The van der Waals surface area contributed by atoms with Crippen LogP contribution < -0.4 is 16.4 Å². The molecule has 4 N–H and O–H groups in total. The molecule has 0 aliphatic heterocycles. The van der Waals surface area contributed by atoms with E-state index in [0.29, 0.717) is 18.1 Å². The van der Waals surface area contributed by atoms with Gasteiger partial charge in [0.2, 0.25) is 5.91 Å². The van der Waals surface area contributed by atoms with Crippen molar-refractivity contribution in [1.29, 1.82) is 0 Å². The topological polar surface area (TPSA) is 80.0 Å². The Bertz CT molecular complexity index is 323. The highest BCUT2D eigenvalue weighted by Gasteiger charge is 2.11. The lowest BCUT2D eigenvalue weighted by Gasteiger charge is -2.13. The molecule has 1 rings (SSSR count). The summed E-state index contributed by atoms with van der Waals surface area (Å²) in [7, 11) is 0. The van der Waals surface area contributed by atoms with Crippen molar-refractivity contribution < 1.29 is 4.79 Å². The number of rotatable bonds is 4. The van der Waals surface area contributed by atoms with Gasteiger partial charge in [-0.05, 0) is 26.0 Å². The summed E-state index contributed by atoms with van der Waals surface area (Å²) >= 11 is 0. The summed E-state index contributed by atoms with van der Waals surface area (Å²) in [6, 6.07) is 3.17. The first-order chi connectivity index (χ1) is 7.13. The molecule has 0 saturated carbocycles. The molecule has 0 aromatic carbocycles. The van der Waals surface area contributed by atoms with E-state index < -0.39 is 0 Å². The van der Waals surface area contributed by atoms with Crippen LogP contribution >= 0.6 is 0 Å². The van der Waals surface area contributed by atoms with Crippen LogP contribution in [0.25, 0.3) is 0 Å². The van der Waals surface area contributed by atoms with Gasteiger partial charge in [-0.25, -0.2) is 4.98 Å². The summed E-state index contributed by atoms with van der Waals surface area (Å²) in [4.78, 5) is 15.4. The normalized spacial score (nSPS) is 11.9. The third-order valence-electron chi connectivity index (χ3n) is 1.90. The fourth-order valence-corrected chi connectivity index (χ4v) is 1.11. The number of nitrogen functional groups attached to an aromatic ring is 1. The molecular formula is C10H16N4O. The van der Waals surface area contributed by atoms with E-state index >= 15 is 0 Å². The number of anilines is 2. The molecule has 0 aliphatic rings. The number of likely N-dealkylation sites (N-methyl/N-ethyl adjacent to an activating group) is 1. The van der Waals surface area contributed by atoms with E-state index in [2.05, 4.69) is 15.6 Å². The van der Waals surface area contributed by atoms with E-state index in [1.165, 1.54) is 0 Å². The van der Waals surface area contributed by atoms with Gasteiger partial charge in [0, 0.05) is 6.54 Å². The molecule has 0 bridgehead atoms. The molecule has 1 unspecified atom stereocenters. The lowest BCUT2D eigenvalue weighted by Crippen LogP contribution is -2.37. The summed E-state index contributed by atoms with van der Waals surface area (Å²) in [5, 5.41) is 5.70. The van der Waals surface area contributed by atoms with Crippen LogP contribution in [0, 0.1) is 0 Å². The number of nitrogens with one attached hydrogen (secondary N) is 2. The zero-order valence-electron chi connectivity index (χ0n) is 8.95. The number of amides is 1. The average Bonchev–Trinajstić information content (AvgIpc) is 2.22. The van der Waals surface area contributed by atoms with Crippen LogP contribution in [0.15, 0.2) is 18.3 Å². The smallest absolute Gasteiger partial charge is 0.242 e. The van der Waals surface area contributed by atoms with Crippen molar-refractivity contribution in [2.75, 3.05) is 17.6 Å². The van der Waals surface area contributed by atoms with Crippen LogP contribution in [0.5, 0.6) is 0 Å². The number of aromatic nitrogens is 1. The summed E-state index contributed by atoms with van der Waals surface area (Å²) in [5.41, 5.74) is 6.10. The number of nitrogens with zero attached hydrogens (tertiary/aromatic N) is 1. The Hall–Kier alpha value is -1.78. The van der Waals surface area contributed by atoms with Crippen LogP contribution in [0.4, 0.5) is 11.5 Å². The molecule has 0 aliphatic carbocycles. The van der Waals surface area contributed by atoms with E-state index in [0.717, 1.165) is 0 Å². The van der Waals surface area contributed by atoms with Crippen LogP contribution in [-0.2, 0) is 4.79 Å². The lowest BCUT2D eigenvalue weighted by atomic mass is 10.3. The predicted octanol–water partition coefficient (Wildman–Crippen LogP) is 0.600. The van der Waals surface area contributed by atoms with Gasteiger partial charge in [-0.15, -0.1) is 0 Å². The molecule has 1 amide bonds. The molecular weight excluding hydrogens is 192 g/mol. The first kappa shape index (κ1) is 11.3. The number of carbonyl (C=O) groups excluding carboxylic acids is 1. The van der Waals surface area contributed by atoms with Crippen molar-refractivity contribution in [1.82, 2.24) is 10.3 Å². The molecule has 15 heavy (non-hydrogen) atoms. The number of nitrogens with two attached hydrogens (primary N) is 1. The van der Waals surface area contributed by atoms with Crippen LogP contribution in [0.2, 0.25) is 0 Å². The zero-order chi connectivity index (χ0) is 11.3. The number of hydrogen-bond acceptors (Lipinski definition) is 4. The maximum Gasteiger partial charge on any atom is 0.242 e. The Balaban J connectivity index is 2.54. The van der Waals surface area contributed by atoms with Gasteiger partial charge in [-0.1, -0.05) is 0 Å². The van der Waals surface area contributed by atoms with Crippen molar-refractivity contribution >= 4 is 17.4 Å². The first-order valence-corrected chi connectivity index (χ1v) is 4.89. The fraction of sp³-hybridized carbons (Fsp3) is 0.400. The Morgan fingerprint density at radius 3 is 2.87 bits per heavy atom. The molecule has 0 radical (unpaired) electrons. The Morgan fingerprint density at radius 1 is 1.60 bits per heavy atom. The van der Waals surface area contributed by atoms with E-state index in [9.17, 15) is 4.79 Å². The second-order valence-corrected chi connectivity index (χ2v) is 3.24. The number of pyridine rings is 1. The summed E-state index contributed by atoms with van der Waals surface area (Å²) in [5.74, 6) is 0.596. The van der Waals surface area contributed by atoms with Gasteiger partial charge in [0.1, 0.15) is 11.9 Å². The second kappa shape index (κ2) is 5.19. The Morgan fingerprint density at radius 2 is 2.33 bits per heavy atom. The minimum absolute atomic E-state index is 0.0453. The summed E-state index contributed by atoms with van der Waals surface area (Å²) < 4.78 is 0. The maximum absolute atomic E-state index is 11.4. The largest absolute Gasteiger partial charge is 0.397 e.